The number of nitrogens with zero attached hydrogens (tertiary/aromatic N) is 1. The maximum absolute atomic E-state index is 13.2. The topological polar surface area (TPSA) is 87.7 Å². The number of halogens is 2. The number of amides is 3. The molecule has 0 radical (unpaired) electrons. The number of aryl methyl sites for hydroxylation is 1. The summed E-state index contributed by atoms with van der Waals surface area (Å²) in [5.74, 6) is -1.02. The minimum atomic E-state index is -0.585. The van der Waals surface area contributed by atoms with E-state index in [-0.39, 0.29) is 23.2 Å². The number of hydrogen-bond donors (Lipinski definition) is 2. The Hall–Kier alpha value is -3.34. The molecule has 4 rings (SSSR count). The van der Waals surface area contributed by atoms with Gasteiger partial charge in [0.2, 0.25) is 0 Å². The second-order valence-electron chi connectivity index (χ2n) is 8.19. The van der Waals surface area contributed by atoms with E-state index in [1.54, 1.807) is 36.4 Å². The van der Waals surface area contributed by atoms with Crippen LogP contribution in [0.15, 0.2) is 75.2 Å². The summed E-state index contributed by atoms with van der Waals surface area (Å²) in [5.41, 5.74) is 3.83. The molecule has 1 aliphatic heterocycles. The molecule has 0 unspecified atom stereocenters. The molecule has 1 heterocycles. The highest BCUT2D eigenvalue weighted by atomic mass is 79.9. The highest BCUT2D eigenvalue weighted by Gasteiger charge is 2.34. The molecule has 3 aromatic carbocycles. The van der Waals surface area contributed by atoms with Crippen LogP contribution in [0.25, 0.3) is 6.08 Å². The average Bonchev–Trinajstić information content (AvgIpc) is 2.84. The number of hydrogen-bond acceptors (Lipinski definition) is 5. The summed E-state index contributed by atoms with van der Waals surface area (Å²) in [6.45, 7) is 3.70. The Kier molecular flexibility index (Phi) is 8.21. The molecule has 1 fully saturated rings. The van der Waals surface area contributed by atoms with E-state index in [1.165, 1.54) is 11.0 Å². The number of nitrogens with one attached hydrogen (secondary N) is 2. The molecular formula is C27H21Br2N3O4S. The first-order valence-electron chi connectivity index (χ1n) is 11.1. The fourth-order valence-corrected chi connectivity index (χ4v) is 5.38. The lowest BCUT2D eigenvalue weighted by molar-refractivity contribution is -0.122. The lowest BCUT2D eigenvalue weighted by Crippen LogP contribution is -2.54. The third kappa shape index (κ3) is 5.98. The van der Waals surface area contributed by atoms with Crippen molar-refractivity contribution in [3.8, 4) is 5.75 Å². The van der Waals surface area contributed by atoms with E-state index in [2.05, 4.69) is 42.5 Å². The third-order valence-corrected chi connectivity index (χ3v) is 7.14. The number of ether oxygens (including phenoxy) is 1. The highest BCUT2D eigenvalue weighted by molar-refractivity contribution is 9.11. The minimum absolute atomic E-state index is 0.0172. The number of benzene rings is 3. The zero-order chi connectivity index (χ0) is 26.7. The summed E-state index contributed by atoms with van der Waals surface area (Å²) >= 11 is 12.1. The Bertz CT molecular complexity index is 1430. The fraction of sp³-hybridized carbons (Fsp3) is 0.111. The summed E-state index contributed by atoms with van der Waals surface area (Å²) in [7, 11) is 0. The van der Waals surface area contributed by atoms with Gasteiger partial charge in [-0.25, -0.2) is 0 Å². The molecule has 0 aromatic heterocycles. The minimum Gasteiger partial charge on any atom is -0.481 e. The second-order valence-corrected chi connectivity index (χ2v) is 10.3. The Morgan fingerprint density at radius 1 is 1.05 bits per heavy atom. The second kappa shape index (κ2) is 11.4. The van der Waals surface area contributed by atoms with Gasteiger partial charge in [-0.2, -0.15) is 0 Å². The van der Waals surface area contributed by atoms with E-state index < -0.39 is 11.8 Å². The van der Waals surface area contributed by atoms with Crippen LogP contribution in [0.1, 0.15) is 16.7 Å². The van der Waals surface area contributed by atoms with Crippen molar-refractivity contribution in [3.63, 3.8) is 0 Å². The SMILES string of the molecule is Cc1cccc(NC(=O)COc2c(Br)cc(/C=C3/C(=O)NC(=S)N(c4ccccc4)C3=O)cc2Br)c1C. The summed E-state index contributed by atoms with van der Waals surface area (Å²) in [4.78, 5) is 39.5. The first-order valence-corrected chi connectivity index (χ1v) is 13.1. The summed E-state index contributed by atoms with van der Waals surface area (Å²) in [6.07, 6.45) is 1.47. The lowest BCUT2D eigenvalue weighted by atomic mass is 10.1. The van der Waals surface area contributed by atoms with Gasteiger partial charge < -0.3 is 10.1 Å². The maximum atomic E-state index is 13.2. The number of rotatable bonds is 6. The van der Waals surface area contributed by atoms with Crippen LogP contribution in [0.4, 0.5) is 11.4 Å². The normalized spacial score (nSPS) is 14.5. The molecule has 7 nitrogen and oxygen atoms in total. The van der Waals surface area contributed by atoms with Gasteiger partial charge in [-0.1, -0.05) is 30.3 Å². The molecule has 0 saturated carbocycles. The lowest BCUT2D eigenvalue weighted by Gasteiger charge is -2.28. The molecule has 1 saturated heterocycles. The van der Waals surface area contributed by atoms with Crippen molar-refractivity contribution < 1.29 is 19.1 Å². The zero-order valence-corrected chi connectivity index (χ0v) is 23.8. The average molecular weight is 643 g/mol. The maximum Gasteiger partial charge on any atom is 0.270 e. The number of para-hydroxylation sites is 1. The highest BCUT2D eigenvalue weighted by Crippen LogP contribution is 2.36. The molecule has 0 atom stereocenters. The van der Waals surface area contributed by atoms with Gasteiger partial charge in [-0.05, 0) is 111 Å². The molecule has 0 spiro atoms. The monoisotopic (exact) mass is 641 g/mol. The zero-order valence-electron chi connectivity index (χ0n) is 19.8. The molecule has 2 N–H and O–H groups in total. The van der Waals surface area contributed by atoms with Crippen LogP contribution in [0, 0.1) is 13.8 Å². The molecule has 3 amide bonds. The van der Waals surface area contributed by atoms with Crippen molar-refractivity contribution in [2.24, 2.45) is 0 Å². The van der Waals surface area contributed by atoms with Crippen LogP contribution in [-0.4, -0.2) is 29.4 Å². The van der Waals surface area contributed by atoms with Gasteiger partial charge in [-0.3, -0.25) is 24.6 Å². The molecule has 10 heteroatoms. The number of anilines is 2. The number of thiocarbonyl (C=S) groups is 1. The standard InChI is InChI=1S/C27H21Br2N3O4S/c1-15-7-6-10-22(16(15)2)30-23(33)14-36-24-20(28)12-17(13-21(24)29)11-19-25(34)31-27(37)32(26(19)35)18-8-4-3-5-9-18/h3-13H,14H2,1-2H3,(H,30,33)(H,31,34,37)/b19-11-. The Labute approximate surface area is 236 Å². The first kappa shape index (κ1) is 26.7. The summed E-state index contributed by atoms with van der Waals surface area (Å²) in [6, 6.07) is 17.9. The molecule has 188 valence electrons. The van der Waals surface area contributed by atoms with E-state index in [9.17, 15) is 14.4 Å². The van der Waals surface area contributed by atoms with Gasteiger partial charge in [0.25, 0.3) is 17.7 Å². The van der Waals surface area contributed by atoms with Crippen LogP contribution in [0.2, 0.25) is 0 Å². The Morgan fingerprint density at radius 3 is 2.41 bits per heavy atom. The Balaban J connectivity index is 1.52. The molecule has 3 aromatic rings. The van der Waals surface area contributed by atoms with E-state index in [4.69, 9.17) is 17.0 Å². The van der Waals surface area contributed by atoms with Crippen molar-refractivity contribution in [2.75, 3.05) is 16.8 Å². The van der Waals surface area contributed by atoms with Crippen molar-refractivity contribution in [1.29, 1.82) is 0 Å². The molecular weight excluding hydrogens is 622 g/mol. The fourth-order valence-electron chi connectivity index (χ4n) is 3.65. The van der Waals surface area contributed by atoms with E-state index in [0.717, 1.165) is 16.8 Å². The Morgan fingerprint density at radius 2 is 1.73 bits per heavy atom. The van der Waals surface area contributed by atoms with Gasteiger partial charge in [-0.15, -0.1) is 0 Å². The van der Waals surface area contributed by atoms with Crippen LogP contribution in [0.3, 0.4) is 0 Å². The largest absolute Gasteiger partial charge is 0.481 e. The smallest absolute Gasteiger partial charge is 0.270 e. The predicted octanol–water partition coefficient (Wildman–Crippen LogP) is 5.68. The number of carbonyl (C=O) groups excluding carboxylic acids is 3. The quantitative estimate of drug-likeness (QED) is 0.205. The third-order valence-electron chi connectivity index (χ3n) is 5.67. The van der Waals surface area contributed by atoms with Gasteiger partial charge >= 0.3 is 0 Å². The molecule has 37 heavy (non-hydrogen) atoms. The molecule has 0 aliphatic carbocycles. The van der Waals surface area contributed by atoms with E-state index in [0.29, 0.717) is 25.9 Å². The molecule has 0 bridgehead atoms. The summed E-state index contributed by atoms with van der Waals surface area (Å²) in [5, 5.41) is 5.44. The van der Waals surface area contributed by atoms with Crippen LogP contribution >= 0.6 is 44.1 Å². The van der Waals surface area contributed by atoms with E-state index in [1.807, 2.05) is 38.1 Å². The van der Waals surface area contributed by atoms with Crippen LogP contribution in [0.5, 0.6) is 5.75 Å². The van der Waals surface area contributed by atoms with E-state index >= 15 is 0 Å². The van der Waals surface area contributed by atoms with Gasteiger partial charge in [0.05, 0.1) is 14.6 Å². The van der Waals surface area contributed by atoms with Crippen LogP contribution in [-0.2, 0) is 14.4 Å². The van der Waals surface area contributed by atoms with Crippen molar-refractivity contribution in [2.45, 2.75) is 13.8 Å². The predicted molar refractivity (Wildman–Crippen MR) is 155 cm³/mol. The van der Waals surface area contributed by atoms with Gasteiger partial charge in [0.1, 0.15) is 11.3 Å². The van der Waals surface area contributed by atoms with Gasteiger partial charge in [0.15, 0.2) is 11.7 Å². The number of carbonyl (C=O) groups is 3. The van der Waals surface area contributed by atoms with Gasteiger partial charge in [0, 0.05) is 5.69 Å². The van der Waals surface area contributed by atoms with Crippen molar-refractivity contribution >= 4 is 84.4 Å². The van der Waals surface area contributed by atoms with Crippen molar-refractivity contribution in [1.82, 2.24) is 5.32 Å². The molecule has 1 aliphatic rings. The van der Waals surface area contributed by atoms with Crippen molar-refractivity contribution in [3.05, 3.63) is 91.9 Å². The van der Waals surface area contributed by atoms with Crippen LogP contribution < -0.4 is 20.3 Å². The summed E-state index contributed by atoms with van der Waals surface area (Å²) < 4.78 is 6.82. The first-order chi connectivity index (χ1) is 17.7.